The van der Waals surface area contributed by atoms with Crippen molar-refractivity contribution in [3.8, 4) is 0 Å². The van der Waals surface area contributed by atoms with Crippen LogP contribution in [0, 0.1) is 0 Å². The summed E-state index contributed by atoms with van der Waals surface area (Å²) in [6, 6.07) is 10.7. The Morgan fingerprint density at radius 1 is 1.06 bits per heavy atom. The fourth-order valence-electron chi connectivity index (χ4n) is 1.52. The van der Waals surface area contributed by atoms with E-state index in [-0.39, 0.29) is 0 Å². The first-order chi connectivity index (χ1) is 8.74. The molecule has 0 atom stereocenters. The third-order valence-electron chi connectivity index (χ3n) is 2.40. The molecule has 2 aromatic rings. The lowest BCUT2D eigenvalue weighted by atomic mass is 10.2. The second-order valence-corrected chi connectivity index (χ2v) is 3.78. The summed E-state index contributed by atoms with van der Waals surface area (Å²) in [5.41, 5.74) is 7.83. The average Bonchev–Trinajstić information content (AvgIpc) is 2.38. The van der Waals surface area contributed by atoms with E-state index in [0.717, 1.165) is 17.8 Å². The molecule has 0 unspecified atom stereocenters. The lowest BCUT2D eigenvalue weighted by molar-refractivity contribution is 0.259. The molecule has 5 nitrogen and oxygen atoms in total. The minimum absolute atomic E-state index is 0.563. The molecular formula is C13H14N4O. The van der Waals surface area contributed by atoms with Gasteiger partial charge in [0.2, 0.25) is 0 Å². The summed E-state index contributed by atoms with van der Waals surface area (Å²) < 4.78 is 0. The molecule has 0 saturated carbocycles. The van der Waals surface area contributed by atoms with Crippen LogP contribution in [0.4, 0.5) is 16.2 Å². The van der Waals surface area contributed by atoms with E-state index in [1.807, 2.05) is 24.3 Å². The van der Waals surface area contributed by atoms with E-state index in [4.69, 9.17) is 5.73 Å². The number of benzene rings is 1. The summed E-state index contributed by atoms with van der Waals surface area (Å²) in [4.78, 5) is 14.6. The Bertz CT molecular complexity index is 510. The molecule has 92 valence electrons. The van der Waals surface area contributed by atoms with Crippen molar-refractivity contribution in [2.45, 2.75) is 6.54 Å². The van der Waals surface area contributed by atoms with Crippen molar-refractivity contribution in [1.82, 2.24) is 4.98 Å². The third-order valence-corrected chi connectivity index (χ3v) is 2.40. The van der Waals surface area contributed by atoms with E-state index in [1.54, 1.807) is 24.5 Å². The maximum Gasteiger partial charge on any atom is 0.316 e. The molecule has 1 aromatic carbocycles. The van der Waals surface area contributed by atoms with Crippen LogP contribution < -0.4 is 16.4 Å². The number of nitrogens with two attached hydrogens (primary N) is 1. The van der Waals surface area contributed by atoms with Gasteiger partial charge in [-0.2, -0.15) is 0 Å². The molecule has 0 saturated heterocycles. The Labute approximate surface area is 105 Å². The Balaban J connectivity index is 1.92. The van der Waals surface area contributed by atoms with Crippen LogP contribution in [0.5, 0.6) is 0 Å². The fraction of sp³-hybridized carbons (Fsp3) is 0.0769. The molecular weight excluding hydrogens is 228 g/mol. The zero-order chi connectivity index (χ0) is 12.8. The lowest BCUT2D eigenvalue weighted by Gasteiger charge is -2.07. The van der Waals surface area contributed by atoms with Crippen LogP contribution in [0.25, 0.3) is 0 Å². The van der Waals surface area contributed by atoms with Crippen molar-refractivity contribution >= 4 is 17.4 Å². The molecule has 1 heterocycles. The SMILES string of the molecule is NC(=O)Nc1ccc(NCc2ccncc2)cc1. The zero-order valence-electron chi connectivity index (χ0n) is 9.76. The number of nitrogens with one attached hydrogen (secondary N) is 2. The number of hydrogen-bond acceptors (Lipinski definition) is 3. The highest BCUT2D eigenvalue weighted by Gasteiger charge is 1.97. The molecule has 2 rings (SSSR count). The summed E-state index contributed by atoms with van der Waals surface area (Å²) in [5.74, 6) is 0. The van der Waals surface area contributed by atoms with E-state index < -0.39 is 6.03 Å². The first-order valence-corrected chi connectivity index (χ1v) is 5.53. The number of amides is 2. The maximum atomic E-state index is 10.7. The molecule has 0 bridgehead atoms. The Hall–Kier alpha value is -2.56. The summed E-state index contributed by atoms with van der Waals surface area (Å²) in [5, 5.41) is 5.78. The van der Waals surface area contributed by atoms with E-state index in [1.165, 1.54) is 0 Å². The number of nitrogens with zero attached hydrogens (tertiary/aromatic N) is 1. The van der Waals surface area contributed by atoms with Crippen LogP contribution in [-0.4, -0.2) is 11.0 Å². The van der Waals surface area contributed by atoms with Gasteiger partial charge in [-0.25, -0.2) is 4.79 Å². The van der Waals surface area contributed by atoms with Gasteiger partial charge in [-0.3, -0.25) is 4.98 Å². The largest absolute Gasteiger partial charge is 0.381 e. The molecule has 1 aromatic heterocycles. The quantitative estimate of drug-likeness (QED) is 0.768. The molecule has 0 radical (unpaired) electrons. The highest BCUT2D eigenvalue weighted by molar-refractivity contribution is 5.87. The Morgan fingerprint density at radius 3 is 2.28 bits per heavy atom. The van der Waals surface area contributed by atoms with Crippen LogP contribution in [0.3, 0.4) is 0 Å². The number of carbonyl (C=O) groups excluding carboxylic acids is 1. The minimum atomic E-state index is -0.563. The highest BCUT2D eigenvalue weighted by atomic mass is 16.2. The van der Waals surface area contributed by atoms with Gasteiger partial charge in [0.05, 0.1) is 0 Å². The molecule has 2 amide bonds. The Morgan fingerprint density at radius 2 is 1.67 bits per heavy atom. The van der Waals surface area contributed by atoms with Crippen molar-refractivity contribution in [3.63, 3.8) is 0 Å². The number of primary amides is 1. The average molecular weight is 242 g/mol. The monoisotopic (exact) mass is 242 g/mol. The van der Waals surface area contributed by atoms with Gasteiger partial charge in [-0.1, -0.05) is 0 Å². The molecule has 4 N–H and O–H groups in total. The van der Waals surface area contributed by atoms with Crippen molar-refractivity contribution in [2.24, 2.45) is 5.73 Å². The third kappa shape index (κ3) is 3.48. The highest BCUT2D eigenvalue weighted by Crippen LogP contribution is 2.14. The van der Waals surface area contributed by atoms with Gasteiger partial charge >= 0.3 is 6.03 Å². The van der Waals surface area contributed by atoms with Gasteiger partial charge in [0.15, 0.2) is 0 Å². The maximum absolute atomic E-state index is 10.7. The van der Waals surface area contributed by atoms with E-state index >= 15 is 0 Å². The number of carbonyl (C=O) groups is 1. The molecule has 0 spiro atoms. The van der Waals surface area contributed by atoms with E-state index in [0.29, 0.717) is 5.69 Å². The predicted octanol–water partition coefficient (Wildman–Crippen LogP) is 2.18. The molecule has 0 aliphatic heterocycles. The topological polar surface area (TPSA) is 80.0 Å². The second-order valence-electron chi connectivity index (χ2n) is 3.78. The fourth-order valence-corrected chi connectivity index (χ4v) is 1.52. The van der Waals surface area contributed by atoms with Gasteiger partial charge in [0.25, 0.3) is 0 Å². The number of rotatable bonds is 4. The van der Waals surface area contributed by atoms with Crippen LogP contribution in [0.1, 0.15) is 5.56 Å². The summed E-state index contributed by atoms with van der Waals surface area (Å²) in [6.07, 6.45) is 3.52. The number of anilines is 2. The van der Waals surface area contributed by atoms with Crippen LogP contribution in [0.15, 0.2) is 48.8 Å². The van der Waals surface area contributed by atoms with Crippen molar-refractivity contribution in [3.05, 3.63) is 54.4 Å². The van der Waals surface area contributed by atoms with Crippen LogP contribution in [-0.2, 0) is 6.54 Å². The smallest absolute Gasteiger partial charge is 0.316 e. The molecule has 5 heteroatoms. The van der Waals surface area contributed by atoms with Gasteiger partial charge in [0.1, 0.15) is 0 Å². The second kappa shape index (κ2) is 5.67. The molecule has 18 heavy (non-hydrogen) atoms. The molecule has 0 aliphatic carbocycles. The molecule has 0 fully saturated rings. The molecule has 0 aliphatic rings. The van der Waals surface area contributed by atoms with Crippen molar-refractivity contribution in [1.29, 1.82) is 0 Å². The standard InChI is InChI=1S/C13H14N4O/c14-13(18)17-12-3-1-11(2-4-12)16-9-10-5-7-15-8-6-10/h1-8,16H,9H2,(H3,14,17,18). The van der Waals surface area contributed by atoms with Gasteiger partial charge < -0.3 is 16.4 Å². The Kier molecular flexibility index (Phi) is 3.76. The van der Waals surface area contributed by atoms with Crippen molar-refractivity contribution in [2.75, 3.05) is 10.6 Å². The van der Waals surface area contributed by atoms with Crippen LogP contribution in [0.2, 0.25) is 0 Å². The predicted molar refractivity (Wildman–Crippen MR) is 71.2 cm³/mol. The number of pyridine rings is 1. The van der Waals surface area contributed by atoms with Crippen LogP contribution >= 0.6 is 0 Å². The number of aromatic nitrogens is 1. The summed E-state index contributed by atoms with van der Waals surface area (Å²) in [6.45, 7) is 0.727. The lowest BCUT2D eigenvalue weighted by Crippen LogP contribution is -2.19. The van der Waals surface area contributed by atoms with Gasteiger partial charge in [-0.05, 0) is 42.0 Å². The number of hydrogen-bond donors (Lipinski definition) is 3. The first kappa shape index (κ1) is 11.9. The van der Waals surface area contributed by atoms with Crippen molar-refractivity contribution < 1.29 is 4.79 Å². The van der Waals surface area contributed by atoms with E-state index in [2.05, 4.69) is 15.6 Å². The summed E-state index contributed by atoms with van der Waals surface area (Å²) >= 11 is 0. The van der Waals surface area contributed by atoms with E-state index in [9.17, 15) is 4.79 Å². The normalized spacial score (nSPS) is 9.78. The first-order valence-electron chi connectivity index (χ1n) is 5.53. The van der Waals surface area contributed by atoms with Gasteiger partial charge in [0, 0.05) is 30.3 Å². The zero-order valence-corrected chi connectivity index (χ0v) is 9.76. The number of urea groups is 1. The summed E-state index contributed by atoms with van der Waals surface area (Å²) in [7, 11) is 0. The van der Waals surface area contributed by atoms with Gasteiger partial charge in [-0.15, -0.1) is 0 Å². The minimum Gasteiger partial charge on any atom is -0.381 e.